The summed E-state index contributed by atoms with van der Waals surface area (Å²) in [5.41, 5.74) is 6.25. The van der Waals surface area contributed by atoms with Crippen LogP contribution in [0.3, 0.4) is 0 Å². The van der Waals surface area contributed by atoms with Crippen LogP contribution in [0.15, 0.2) is 78.0 Å². The Labute approximate surface area is 244 Å². The van der Waals surface area contributed by atoms with E-state index in [1.807, 2.05) is 29.2 Å². The number of aryl methyl sites for hydroxylation is 1. The highest BCUT2D eigenvalue weighted by molar-refractivity contribution is 7.99. The number of aromatic nitrogens is 4. The van der Waals surface area contributed by atoms with Crippen LogP contribution in [0.1, 0.15) is 24.0 Å². The van der Waals surface area contributed by atoms with Gasteiger partial charge in [-0.15, -0.1) is 10.2 Å². The van der Waals surface area contributed by atoms with E-state index in [1.54, 1.807) is 18.9 Å². The third-order valence-electron chi connectivity index (χ3n) is 7.61. The molecule has 5 aromatic rings. The van der Waals surface area contributed by atoms with Crippen LogP contribution in [-0.2, 0) is 11.3 Å². The van der Waals surface area contributed by atoms with Crippen molar-refractivity contribution in [1.82, 2.24) is 24.6 Å². The van der Waals surface area contributed by atoms with Gasteiger partial charge in [0, 0.05) is 50.3 Å². The summed E-state index contributed by atoms with van der Waals surface area (Å²) in [4.78, 5) is 22.1. The van der Waals surface area contributed by atoms with Gasteiger partial charge in [-0.3, -0.25) is 4.79 Å². The van der Waals surface area contributed by atoms with E-state index in [2.05, 4.69) is 75.1 Å². The first-order valence-electron chi connectivity index (χ1n) is 14.1. The fourth-order valence-corrected chi connectivity index (χ4v) is 6.20. The van der Waals surface area contributed by atoms with Crippen molar-refractivity contribution >= 4 is 45.4 Å². The molecule has 210 valence electrons. The van der Waals surface area contributed by atoms with E-state index in [1.165, 1.54) is 11.1 Å². The lowest BCUT2D eigenvalue weighted by Gasteiger charge is -2.36. The second-order valence-corrected chi connectivity index (χ2v) is 11.4. The van der Waals surface area contributed by atoms with Crippen molar-refractivity contribution in [2.24, 2.45) is 0 Å². The molecule has 0 saturated carbocycles. The number of anilines is 1. The van der Waals surface area contributed by atoms with Crippen LogP contribution in [0.25, 0.3) is 22.1 Å². The molecule has 1 aliphatic heterocycles. The van der Waals surface area contributed by atoms with E-state index >= 15 is 0 Å². The van der Waals surface area contributed by atoms with Crippen molar-refractivity contribution in [3.63, 3.8) is 0 Å². The summed E-state index contributed by atoms with van der Waals surface area (Å²) in [7, 11) is 1.70. The number of thioether (sulfide) groups is 1. The number of benzene rings is 3. The van der Waals surface area contributed by atoms with Crippen molar-refractivity contribution in [2.75, 3.05) is 43.9 Å². The topological polar surface area (TPSA) is 76.4 Å². The molecule has 0 aliphatic carbocycles. The number of para-hydroxylation sites is 2. The number of piperazine rings is 1. The maximum Gasteiger partial charge on any atom is 0.222 e. The lowest BCUT2D eigenvalue weighted by atomic mass is 10.1. The molecular weight excluding hydrogens is 532 g/mol. The predicted octanol–water partition coefficient (Wildman–Crippen LogP) is 5.57. The summed E-state index contributed by atoms with van der Waals surface area (Å²) in [5.74, 6) is 1.84. The molecule has 6 rings (SSSR count). The van der Waals surface area contributed by atoms with Crippen molar-refractivity contribution in [1.29, 1.82) is 0 Å². The Bertz CT molecular complexity index is 1660. The monoisotopic (exact) mass is 566 g/mol. The summed E-state index contributed by atoms with van der Waals surface area (Å²) in [5, 5.41) is 10.8. The van der Waals surface area contributed by atoms with Gasteiger partial charge in [-0.1, -0.05) is 65.9 Å². The van der Waals surface area contributed by atoms with Gasteiger partial charge < -0.3 is 19.1 Å². The lowest BCUT2D eigenvalue weighted by Crippen LogP contribution is -2.48. The van der Waals surface area contributed by atoms with Crippen LogP contribution in [0, 0.1) is 6.92 Å². The van der Waals surface area contributed by atoms with Crippen LogP contribution >= 0.6 is 11.8 Å². The molecule has 0 unspecified atom stereocenters. The number of amides is 1. The van der Waals surface area contributed by atoms with Crippen molar-refractivity contribution in [3.05, 3.63) is 83.9 Å². The Morgan fingerprint density at radius 2 is 1.73 bits per heavy atom. The average molecular weight is 567 g/mol. The van der Waals surface area contributed by atoms with Crippen LogP contribution in [0.5, 0.6) is 5.75 Å². The molecule has 9 heteroatoms. The maximum atomic E-state index is 12.9. The van der Waals surface area contributed by atoms with E-state index in [9.17, 15) is 4.79 Å². The molecule has 1 fully saturated rings. The molecule has 0 atom stereocenters. The molecule has 1 amide bonds. The summed E-state index contributed by atoms with van der Waals surface area (Å²) in [6.07, 6.45) is 1.29. The Morgan fingerprint density at radius 3 is 2.54 bits per heavy atom. The number of carbonyl (C=O) groups is 1. The van der Waals surface area contributed by atoms with E-state index in [4.69, 9.17) is 9.72 Å². The van der Waals surface area contributed by atoms with Crippen LogP contribution in [-0.4, -0.2) is 69.6 Å². The van der Waals surface area contributed by atoms with Gasteiger partial charge in [-0.05, 0) is 43.2 Å². The number of hydrogen-bond acceptors (Lipinski definition) is 7. The predicted molar refractivity (Wildman–Crippen MR) is 165 cm³/mol. The standard InChI is InChI=1S/C32H34N6O2S/c1-23-14-15-26-25(21-23)30-31(38(26)22-24-9-4-3-5-10-24)33-32(35-34-30)41-20-8-13-29(39)37-18-16-36(17-19-37)27-11-6-7-12-28(27)40-2/h3-7,9-12,14-15,21H,8,13,16-20,22H2,1-2H3. The zero-order valence-corrected chi connectivity index (χ0v) is 24.3. The number of nitrogens with zero attached hydrogens (tertiary/aromatic N) is 6. The number of ether oxygens (including phenoxy) is 1. The van der Waals surface area contributed by atoms with Crippen LogP contribution in [0.4, 0.5) is 5.69 Å². The Balaban J connectivity index is 1.07. The average Bonchev–Trinajstić information content (AvgIpc) is 3.31. The molecule has 0 N–H and O–H groups in total. The summed E-state index contributed by atoms with van der Waals surface area (Å²) in [6.45, 7) is 5.85. The molecule has 0 radical (unpaired) electrons. The Hall–Kier alpha value is -4.11. The highest BCUT2D eigenvalue weighted by Gasteiger charge is 2.23. The highest BCUT2D eigenvalue weighted by Crippen LogP contribution is 2.30. The van der Waals surface area contributed by atoms with Gasteiger partial charge >= 0.3 is 0 Å². The van der Waals surface area contributed by atoms with Crippen LogP contribution < -0.4 is 9.64 Å². The second-order valence-electron chi connectivity index (χ2n) is 10.4. The molecule has 8 nitrogen and oxygen atoms in total. The number of fused-ring (bicyclic) bond motifs is 3. The van der Waals surface area contributed by atoms with Gasteiger partial charge in [-0.2, -0.15) is 0 Å². The fraction of sp³-hybridized carbons (Fsp3) is 0.312. The summed E-state index contributed by atoms with van der Waals surface area (Å²) < 4.78 is 7.74. The van der Waals surface area contributed by atoms with E-state index in [0.717, 1.165) is 71.9 Å². The minimum absolute atomic E-state index is 0.207. The smallest absolute Gasteiger partial charge is 0.222 e. The molecule has 1 saturated heterocycles. The molecule has 3 aromatic carbocycles. The third-order valence-corrected chi connectivity index (χ3v) is 8.53. The number of rotatable bonds is 9. The van der Waals surface area contributed by atoms with Gasteiger partial charge in [-0.25, -0.2) is 4.98 Å². The summed E-state index contributed by atoms with van der Waals surface area (Å²) >= 11 is 1.56. The molecule has 3 heterocycles. The van der Waals surface area contributed by atoms with Crippen molar-refractivity contribution in [3.8, 4) is 5.75 Å². The first kappa shape index (κ1) is 27.1. The van der Waals surface area contributed by atoms with Gasteiger partial charge in [0.05, 0.1) is 18.3 Å². The van der Waals surface area contributed by atoms with Gasteiger partial charge in [0.2, 0.25) is 11.1 Å². The quantitative estimate of drug-likeness (QED) is 0.171. The molecule has 2 aromatic heterocycles. The molecule has 1 aliphatic rings. The van der Waals surface area contributed by atoms with Crippen molar-refractivity contribution in [2.45, 2.75) is 31.5 Å². The van der Waals surface area contributed by atoms with Gasteiger partial charge in [0.25, 0.3) is 0 Å². The molecule has 41 heavy (non-hydrogen) atoms. The van der Waals surface area contributed by atoms with Gasteiger partial charge in [0.15, 0.2) is 5.65 Å². The van der Waals surface area contributed by atoms with Crippen LogP contribution in [0.2, 0.25) is 0 Å². The maximum absolute atomic E-state index is 12.9. The first-order chi connectivity index (χ1) is 20.1. The minimum atomic E-state index is 0.207. The second kappa shape index (κ2) is 12.2. The number of carbonyl (C=O) groups excluding carboxylic acids is 1. The normalized spacial score (nSPS) is 13.7. The number of methoxy groups -OCH3 is 1. The molecule has 0 spiro atoms. The largest absolute Gasteiger partial charge is 0.495 e. The molecular formula is C32H34N6O2S. The Kier molecular flexibility index (Phi) is 8.04. The SMILES string of the molecule is COc1ccccc1N1CCN(C(=O)CCCSc2nnc3c4cc(C)ccc4n(Cc4ccccc4)c3n2)CC1. The highest BCUT2D eigenvalue weighted by atomic mass is 32.2. The van der Waals surface area contributed by atoms with E-state index < -0.39 is 0 Å². The zero-order valence-electron chi connectivity index (χ0n) is 23.5. The zero-order chi connectivity index (χ0) is 28.2. The minimum Gasteiger partial charge on any atom is -0.495 e. The molecule has 0 bridgehead atoms. The Morgan fingerprint density at radius 1 is 0.951 bits per heavy atom. The fourth-order valence-electron chi connectivity index (χ4n) is 5.47. The van der Waals surface area contributed by atoms with E-state index in [0.29, 0.717) is 18.1 Å². The van der Waals surface area contributed by atoms with Gasteiger partial charge in [0.1, 0.15) is 11.3 Å². The van der Waals surface area contributed by atoms with E-state index in [-0.39, 0.29) is 5.91 Å². The number of hydrogen-bond donors (Lipinski definition) is 0. The lowest BCUT2D eigenvalue weighted by molar-refractivity contribution is -0.131. The summed E-state index contributed by atoms with van der Waals surface area (Å²) in [6, 6.07) is 24.9. The first-order valence-corrected chi connectivity index (χ1v) is 15.0. The van der Waals surface area contributed by atoms with Crippen molar-refractivity contribution < 1.29 is 9.53 Å². The third kappa shape index (κ3) is 5.86.